The molecular weight excluding hydrogens is 437 g/mol. The predicted octanol–water partition coefficient (Wildman–Crippen LogP) is 3.19. The first kappa shape index (κ1) is 22.7. The lowest BCUT2D eigenvalue weighted by molar-refractivity contribution is -0.147. The van der Waals surface area contributed by atoms with Crippen molar-refractivity contribution in [3.63, 3.8) is 0 Å². The van der Waals surface area contributed by atoms with Gasteiger partial charge in [-0.05, 0) is 42.2 Å². The van der Waals surface area contributed by atoms with E-state index in [0.717, 1.165) is 18.2 Å². The number of hydrogen-bond donors (Lipinski definition) is 1. The molecule has 1 N–H and O–H groups in total. The minimum atomic E-state index is -3.92. The fraction of sp³-hybridized carbons (Fsp3) is 0.333. The Kier molecular flexibility index (Phi) is 5.82. The molecule has 33 heavy (non-hydrogen) atoms. The predicted molar refractivity (Wildman–Crippen MR) is 111 cm³/mol. The van der Waals surface area contributed by atoms with E-state index in [1.165, 1.54) is 24.0 Å². The van der Waals surface area contributed by atoms with Gasteiger partial charge in [0.05, 0.1) is 12.5 Å². The number of rotatable bonds is 5. The van der Waals surface area contributed by atoms with Gasteiger partial charge in [-0.1, -0.05) is 24.3 Å². The number of benzene rings is 2. The third-order valence-electron chi connectivity index (χ3n) is 6.16. The van der Waals surface area contributed by atoms with Crippen LogP contribution in [-0.4, -0.2) is 34.3 Å². The molecule has 1 unspecified atom stereocenters. The Morgan fingerprint density at radius 1 is 1.18 bits per heavy atom. The monoisotopic (exact) mass is 458 g/mol. The average Bonchev–Trinajstić information content (AvgIpc) is 3.09. The first-order valence-corrected chi connectivity index (χ1v) is 10.5. The summed E-state index contributed by atoms with van der Waals surface area (Å²) >= 11 is 0. The van der Waals surface area contributed by atoms with Crippen LogP contribution in [0.1, 0.15) is 51.9 Å². The van der Waals surface area contributed by atoms with Crippen molar-refractivity contribution < 1.29 is 32.3 Å². The molecule has 1 fully saturated rings. The third kappa shape index (κ3) is 4.15. The number of halogens is 3. The van der Waals surface area contributed by atoms with Crippen LogP contribution in [0.25, 0.3) is 0 Å². The molecule has 1 aliphatic carbocycles. The molecule has 0 aromatic heterocycles. The number of carbonyl (C=O) groups excluding carboxylic acids is 4. The maximum Gasteiger partial charge on any atom is 0.350 e. The SMILES string of the molecule is Cc1c(F)cccc1C(F)(F)C(=O)NCc1ccc2c(c1)CN(C1CCC(=O)CC1=O)C2=O. The smallest absolute Gasteiger partial charge is 0.346 e. The van der Waals surface area contributed by atoms with Crippen LogP contribution in [0, 0.1) is 12.7 Å². The molecular formula is C24H21F3N2O4. The first-order chi connectivity index (χ1) is 15.6. The first-order valence-electron chi connectivity index (χ1n) is 10.5. The Hall–Kier alpha value is -3.49. The van der Waals surface area contributed by atoms with E-state index in [0.29, 0.717) is 16.7 Å². The molecule has 9 heteroatoms. The second kappa shape index (κ2) is 8.46. The minimum Gasteiger partial charge on any atom is -0.346 e. The Labute approximate surface area is 187 Å². The number of nitrogens with one attached hydrogen (secondary N) is 1. The Morgan fingerprint density at radius 3 is 2.67 bits per heavy atom. The zero-order chi connectivity index (χ0) is 23.9. The minimum absolute atomic E-state index is 0.135. The van der Waals surface area contributed by atoms with E-state index in [2.05, 4.69) is 5.32 Å². The van der Waals surface area contributed by atoms with E-state index in [1.54, 1.807) is 6.07 Å². The number of Topliss-reactive ketones (excluding diaryl/α,β-unsaturated/α-hetero) is 2. The molecule has 172 valence electrons. The largest absolute Gasteiger partial charge is 0.350 e. The zero-order valence-corrected chi connectivity index (χ0v) is 17.8. The molecule has 2 aromatic carbocycles. The van der Waals surface area contributed by atoms with Gasteiger partial charge >= 0.3 is 5.92 Å². The van der Waals surface area contributed by atoms with Crippen molar-refractivity contribution in [1.29, 1.82) is 0 Å². The second-order valence-electron chi connectivity index (χ2n) is 8.33. The van der Waals surface area contributed by atoms with Gasteiger partial charge in [-0.2, -0.15) is 8.78 Å². The molecule has 2 aliphatic rings. The number of fused-ring (bicyclic) bond motifs is 1. The van der Waals surface area contributed by atoms with Gasteiger partial charge < -0.3 is 10.2 Å². The molecule has 0 spiro atoms. The highest BCUT2D eigenvalue weighted by Crippen LogP contribution is 2.32. The van der Waals surface area contributed by atoms with E-state index >= 15 is 0 Å². The van der Waals surface area contributed by atoms with Gasteiger partial charge in [0.1, 0.15) is 11.6 Å². The number of carbonyl (C=O) groups is 4. The lowest BCUT2D eigenvalue weighted by Crippen LogP contribution is -2.44. The molecule has 2 aromatic rings. The molecule has 1 saturated carbocycles. The topological polar surface area (TPSA) is 83.6 Å². The van der Waals surface area contributed by atoms with Crippen LogP contribution in [0.5, 0.6) is 0 Å². The maximum absolute atomic E-state index is 14.6. The van der Waals surface area contributed by atoms with Crippen molar-refractivity contribution >= 4 is 23.4 Å². The van der Waals surface area contributed by atoms with Crippen molar-refractivity contribution in [2.75, 3.05) is 0 Å². The molecule has 2 amide bonds. The Bertz CT molecular complexity index is 1180. The van der Waals surface area contributed by atoms with Crippen LogP contribution in [0.15, 0.2) is 36.4 Å². The molecule has 0 saturated heterocycles. The summed E-state index contributed by atoms with van der Waals surface area (Å²) in [5.41, 5.74) is 0.506. The van der Waals surface area contributed by atoms with Crippen LogP contribution in [-0.2, 0) is 33.4 Å². The zero-order valence-electron chi connectivity index (χ0n) is 17.8. The standard InChI is InChI=1S/C24H21F3N2O4/c1-13-18(3-2-4-19(13)25)24(26,27)23(33)28-11-14-5-7-17-15(9-14)12-29(22(17)32)20-8-6-16(30)10-21(20)31/h2-5,7,9,20H,6,8,10-12H2,1H3,(H,28,33). The summed E-state index contributed by atoms with van der Waals surface area (Å²) < 4.78 is 42.9. The van der Waals surface area contributed by atoms with Crippen LogP contribution in [0.2, 0.25) is 0 Å². The molecule has 4 rings (SSSR count). The van der Waals surface area contributed by atoms with Gasteiger partial charge in [0.15, 0.2) is 5.78 Å². The van der Waals surface area contributed by atoms with Crippen LogP contribution in [0.3, 0.4) is 0 Å². The van der Waals surface area contributed by atoms with Gasteiger partial charge in [-0.25, -0.2) is 4.39 Å². The van der Waals surface area contributed by atoms with Crippen molar-refractivity contribution in [2.45, 2.75) is 51.2 Å². The lowest BCUT2D eigenvalue weighted by atomic mass is 9.92. The summed E-state index contributed by atoms with van der Waals surface area (Å²) in [6.45, 7) is 1.13. The maximum atomic E-state index is 14.6. The van der Waals surface area contributed by atoms with Crippen molar-refractivity contribution in [3.05, 3.63) is 70.0 Å². The van der Waals surface area contributed by atoms with E-state index in [4.69, 9.17) is 0 Å². The third-order valence-corrected chi connectivity index (χ3v) is 6.16. The average molecular weight is 458 g/mol. The molecule has 1 aliphatic heterocycles. The summed E-state index contributed by atoms with van der Waals surface area (Å²) in [6, 6.07) is 7.21. The fourth-order valence-corrected chi connectivity index (χ4v) is 4.31. The van der Waals surface area contributed by atoms with Crippen LogP contribution >= 0.6 is 0 Å². The Morgan fingerprint density at radius 2 is 1.94 bits per heavy atom. The van der Waals surface area contributed by atoms with Gasteiger partial charge in [-0.15, -0.1) is 0 Å². The number of ketones is 2. The summed E-state index contributed by atoms with van der Waals surface area (Å²) in [7, 11) is 0. The van der Waals surface area contributed by atoms with E-state index in [-0.39, 0.29) is 55.4 Å². The van der Waals surface area contributed by atoms with Crippen molar-refractivity contribution in [3.8, 4) is 0 Å². The second-order valence-corrected chi connectivity index (χ2v) is 8.33. The van der Waals surface area contributed by atoms with Crippen LogP contribution in [0.4, 0.5) is 13.2 Å². The summed E-state index contributed by atoms with van der Waals surface area (Å²) in [5, 5.41) is 2.17. The van der Waals surface area contributed by atoms with E-state index in [9.17, 15) is 32.3 Å². The molecule has 6 nitrogen and oxygen atoms in total. The molecule has 1 heterocycles. The van der Waals surface area contributed by atoms with Crippen molar-refractivity contribution in [1.82, 2.24) is 10.2 Å². The van der Waals surface area contributed by atoms with Crippen LogP contribution < -0.4 is 5.32 Å². The molecule has 1 atom stereocenters. The normalized spacial score (nSPS) is 18.5. The highest BCUT2D eigenvalue weighted by atomic mass is 19.3. The highest BCUT2D eigenvalue weighted by molar-refractivity contribution is 6.07. The molecule has 0 radical (unpaired) electrons. The fourth-order valence-electron chi connectivity index (χ4n) is 4.31. The van der Waals surface area contributed by atoms with Gasteiger partial charge in [0, 0.05) is 30.6 Å². The van der Waals surface area contributed by atoms with Gasteiger partial charge in [0.25, 0.3) is 11.8 Å². The van der Waals surface area contributed by atoms with Gasteiger partial charge in [-0.3, -0.25) is 19.2 Å². The number of alkyl halides is 2. The van der Waals surface area contributed by atoms with E-state index < -0.39 is 29.3 Å². The van der Waals surface area contributed by atoms with Gasteiger partial charge in [0.2, 0.25) is 0 Å². The lowest BCUT2D eigenvalue weighted by Gasteiger charge is -2.29. The Balaban J connectivity index is 1.45. The molecule has 0 bridgehead atoms. The summed E-state index contributed by atoms with van der Waals surface area (Å²) in [4.78, 5) is 50.1. The quantitative estimate of drug-likeness (QED) is 0.698. The van der Waals surface area contributed by atoms with Crippen molar-refractivity contribution in [2.24, 2.45) is 0 Å². The number of nitrogens with zero attached hydrogens (tertiary/aromatic N) is 1. The van der Waals surface area contributed by atoms with E-state index in [1.807, 2.05) is 0 Å². The highest BCUT2D eigenvalue weighted by Gasteiger charge is 2.42. The summed E-state index contributed by atoms with van der Waals surface area (Å²) in [6.07, 6.45) is 0.350. The number of amides is 2. The summed E-state index contributed by atoms with van der Waals surface area (Å²) in [5.74, 6) is -7.05. The number of hydrogen-bond acceptors (Lipinski definition) is 4.